The normalized spacial score (nSPS) is 10.4. The van der Waals surface area contributed by atoms with Crippen molar-refractivity contribution in [1.29, 1.82) is 0 Å². The summed E-state index contributed by atoms with van der Waals surface area (Å²) in [5.41, 5.74) is 6.14. The van der Waals surface area contributed by atoms with Crippen molar-refractivity contribution < 1.29 is 9.53 Å². The van der Waals surface area contributed by atoms with Crippen LogP contribution >= 0.6 is 0 Å². The molecular weight excluding hydrogens is 224 g/mol. The molecule has 0 radical (unpaired) electrons. The van der Waals surface area contributed by atoms with Crippen LogP contribution in [0.15, 0.2) is 18.7 Å². The highest BCUT2D eigenvalue weighted by atomic mass is 16.5. The molecular formula is C9H12N6O2. The van der Waals surface area contributed by atoms with Gasteiger partial charge in [-0.1, -0.05) is 0 Å². The molecule has 0 saturated carbocycles. The van der Waals surface area contributed by atoms with Crippen LogP contribution in [0.1, 0.15) is 10.6 Å². The van der Waals surface area contributed by atoms with Gasteiger partial charge in [0.1, 0.15) is 6.33 Å². The van der Waals surface area contributed by atoms with Gasteiger partial charge in [-0.25, -0.2) is 9.78 Å². The minimum absolute atomic E-state index is 0.0486. The van der Waals surface area contributed by atoms with Crippen molar-refractivity contribution in [3.8, 4) is 0 Å². The molecule has 90 valence electrons. The molecule has 0 fully saturated rings. The smallest absolute Gasteiger partial charge is 0.377 e. The zero-order chi connectivity index (χ0) is 12.3. The van der Waals surface area contributed by atoms with Gasteiger partial charge in [-0.3, -0.25) is 9.36 Å². The van der Waals surface area contributed by atoms with E-state index in [2.05, 4.69) is 19.9 Å². The Morgan fingerprint density at radius 3 is 2.88 bits per heavy atom. The second-order valence-corrected chi connectivity index (χ2v) is 3.36. The molecule has 0 spiro atoms. The number of esters is 1. The Morgan fingerprint density at radius 2 is 2.24 bits per heavy atom. The van der Waals surface area contributed by atoms with E-state index in [0.29, 0.717) is 18.8 Å². The number of nitrogens with zero attached hydrogens (tertiary/aromatic N) is 5. The van der Waals surface area contributed by atoms with Crippen LogP contribution in [0.25, 0.3) is 0 Å². The standard InChI is InChI=1S/C9H12N6O2/c1-17-9(16)8-11-6-15(13-8)3-2-14-5-7(10)4-12-14/h4-6H,2-3,10H2,1H3. The van der Waals surface area contributed by atoms with E-state index in [1.165, 1.54) is 13.4 Å². The number of nitrogen functional groups attached to an aromatic ring is 1. The number of rotatable bonds is 4. The lowest BCUT2D eigenvalue weighted by Crippen LogP contribution is -2.10. The first-order valence-corrected chi connectivity index (χ1v) is 4.94. The monoisotopic (exact) mass is 236 g/mol. The second-order valence-electron chi connectivity index (χ2n) is 3.36. The van der Waals surface area contributed by atoms with Gasteiger partial charge >= 0.3 is 5.97 Å². The van der Waals surface area contributed by atoms with Crippen LogP contribution in [0, 0.1) is 0 Å². The molecule has 0 atom stereocenters. The Balaban J connectivity index is 1.95. The predicted octanol–water partition coefficient (Wildman–Crippen LogP) is -0.456. The molecule has 0 aliphatic heterocycles. The van der Waals surface area contributed by atoms with Crippen LogP contribution in [-0.2, 0) is 17.8 Å². The number of methoxy groups -OCH3 is 1. The molecule has 2 rings (SSSR count). The van der Waals surface area contributed by atoms with E-state index in [-0.39, 0.29) is 5.82 Å². The molecule has 8 nitrogen and oxygen atoms in total. The van der Waals surface area contributed by atoms with Gasteiger partial charge in [0.05, 0.1) is 32.1 Å². The third kappa shape index (κ3) is 2.60. The lowest BCUT2D eigenvalue weighted by Gasteiger charge is -2.00. The summed E-state index contributed by atoms with van der Waals surface area (Å²) in [5.74, 6) is -0.500. The third-order valence-electron chi connectivity index (χ3n) is 2.12. The summed E-state index contributed by atoms with van der Waals surface area (Å²) in [5, 5.41) is 7.99. The van der Waals surface area contributed by atoms with Crippen molar-refractivity contribution in [2.45, 2.75) is 13.1 Å². The number of nitrogens with two attached hydrogens (primary N) is 1. The summed E-state index contributed by atoms with van der Waals surface area (Å²) in [6, 6.07) is 0. The lowest BCUT2D eigenvalue weighted by atomic mass is 10.6. The number of carbonyl (C=O) groups is 1. The number of ether oxygens (including phenoxy) is 1. The molecule has 8 heteroatoms. The van der Waals surface area contributed by atoms with Crippen molar-refractivity contribution in [3.05, 3.63) is 24.5 Å². The van der Waals surface area contributed by atoms with Crippen LogP contribution in [0.5, 0.6) is 0 Å². The summed E-state index contributed by atoms with van der Waals surface area (Å²) in [6.45, 7) is 1.15. The average Bonchev–Trinajstić information content (AvgIpc) is 2.94. The Hall–Kier alpha value is -2.38. The number of aromatic nitrogens is 5. The topological polar surface area (TPSA) is 101 Å². The number of anilines is 1. The van der Waals surface area contributed by atoms with E-state index in [0.717, 1.165) is 0 Å². The first-order chi connectivity index (χ1) is 8.19. The Morgan fingerprint density at radius 1 is 1.47 bits per heavy atom. The van der Waals surface area contributed by atoms with Gasteiger partial charge in [-0.05, 0) is 0 Å². The molecule has 0 bridgehead atoms. The molecule has 2 aromatic rings. The van der Waals surface area contributed by atoms with E-state index in [1.807, 2.05) is 0 Å². The highest BCUT2D eigenvalue weighted by Crippen LogP contribution is 1.99. The fraction of sp³-hybridized carbons (Fsp3) is 0.333. The van der Waals surface area contributed by atoms with Gasteiger partial charge < -0.3 is 10.5 Å². The van der Waals surface area contributed by atoms with Gasteiger partial charge in [0.15, 0.2) is 0 Å². The van der Waals surface area contributed by atoms with Crippen molar-refractivity contribution in [2.75, 3.05) is 12.8 Å². The number of hydrogen-bond acceptors (Lipinski definition) is 6. The number of hydrogen-bond donors (Lipinski definition) is 1. The molecule has 2 heterocycles. The Kier molecular flexibility index (Phi) is 3.03. The molecule has 2 N–H and O–H groups in total. The van der Waals surface area contributed by atoms with Gasteiger partial charge in [0.2, 0.25) is 0 Å². The number of aryl methyl sites for hydroxylation is 2. The quantitative estimate of drug-likeness (QED) is 0.721. The van der Waals surface area contributed by atoms with Crippen LogP contribution in [-0.4, -0.2) is 37.6 Å². The summed E-state index contributed by atoms with van der Waals surface area (Å²) >= 11 is 0. The molecule has 0 amide bonds. The molecule has 0 aliphatic rings. The SMILES string of the molecule is COC(=O)c1ncn(CCn2cc(N)cn2)n1. The Bertz CT molecular complexity index is 517. The van der Waals surface area contributed by atoms with Crippen LogP contribution < -0.4 is 5.73 Å². The molecule has 0 aromatic carbocycles. The zero-order valence-electron chi connectivity index (χ0n) is 9.28. The molecule has 17 heavy (non-hydrogen) atoms. The fourth-order valence-corrected chi connectivity index (χ4v) is 1.29. The highest BCUT2D eigenvalue weighted by Gasteiger charge is 2.10. The van der Waals surface area contributed by atoms with E-state index in [1.54, 1.807) is 21.8 Å². The molecule has 0 unspecified atom stereocenters. The third-order valence-corrected chi connectivity index (χ3v) is 2.12. The van der Waals surface area contributed by atoms with Crippen LogP contribution in [0.3, 0.4) is 0 Å². The largest absolute Gasteiger partial charge is 0.463 e. The minimum Gasteiger partial charge on any atom is -0.463 e. The zero-order valence-corrected chi connectivity index (χ0v) is 9.28. The summed E-state index contributed by atoms with van der Waals surface area (Å²) in [6.07, 6.45) is 4.76. The maximum absolute atomic E-state index is 11.1. The maximum Gasteiger partial charge on any atom is 0.377 e. The minimum atomic E-state index is -0.549. The van der Waals surface area contributed by atoms with E-state index in [4.69, 9.17) is 5.73 Å². The molecule has 2 aromatic heterocycles. The van der Waals surface area contributed by atoms with Gasteiger partial charge in [-0.2, -0.15) is 5.10 Å². The lowest BCUT2D eigenvalue weighted by molar-refractivity contribution is 0.0586. The van der Waals surface area contributed by atoms with Crippen molar-refractivity contribution in [1.82, 2.24) is 24.5 Å². The van der Waals surface area contributed by atoms with E-state index in [9.17, 15) is 4.79 Å². The van der Waals surface area contributed by atoms with E-state index >= 15 is 0 Å². The Labute approximate surface area is 97.0 Å². The summed E-state index contributed by atoms with van der Waals surface area (Å²) < 4.78 is 7.74. The number of carbonyl (C=O) groups excluding carboxylic acids is 1. The second kappa shape index (κ2) is 4.64. The maximum atomic E-state index is 11.1. The predicted molar refractivity (Wildman–Crippen MR) is 58.0 cm³/mol. The average molecular weight is 236 g/mol. The van der Waals surface area contributed by atoms with Crippen LogP contribution in [0.2, 0.25) is 0 Å². The highest BCUT2D eigenvalue weighted by molar-refractivity contribution is 5.84. The molecule has 0 aliphatic carbocycles. The van der Waals surface area contributed by atoms with Gasteiger partial charge in [0.25, 0.3) is 5.82 Å². The molecule has 0 saturated heterocycles. The van der Waals surface area contributed by atoms with Crippen molar-refractivity contribution >= 4 is 11.7 Å². The summed E-state index contributed by atoms with van der Waals surface area (Å²) in [7, 11) is 1.29. The first-order valence-electron chi connectivity index (χ1n) is 4.94. The van der Waals surface area contributed by atoms with Crippen molar-refractivity contribution in [3.63, 3.8) is 0 Å². The van der Waals surface area contributed by atoms with Gasteiger partial charge in [0, 0.05) is 6.20 Å². The van der Waals surface area contributed by atoms with Gasteiger partial charge in [-0.15, -0.1) is 5.10 Å². The van der Waals surface area contributed by atoms with E-state index < -0.39 is 5.97 Å². The first kappa shape index (κ1) is 11.1. The van der Waals surface area contributed by atoms with Crippen LogP contribution in [0.4, 0.5) is 5.69 Å². The fourth-order valence-electron chi connectivity index (χ4n) is 1.29. The summed E-state index contributed by atoms with van der Waals surface area (Å²) in [4.78, 5) is 14.9. The van der Waals surface area contributed by atoms with Crippen molar-refractivity contribution in [2.24, 2.45) is 0 Å².